The molecule has 2 N–H and O–H groups in total. The molecule has 0 atom stereocenters. The number of rotatable bonds is 2. The van der Waals surface area contributed by atoms with Crippen LogP contribution in [0.15, 0.2) is 23.2 Å². The molecule has 0 saturated carbocycles. The molecule has 66 valence electrons. The molecule has 0 amide bonds. The molecule has 0 radical (unpaired) electrons. The number of aliphatic imine (C=N–C) groups is 1. The number of nitrogens with zero attached hydrogens (tertiary/aromatic N) is 2. The van der Waals surface area contributed by atoms with Gasteiger partial charge in [-0.15, -0.1) is 0 Å². The summed E-state index contributed by atoms with van der Waals surface area (Å²) >= 11 is 0. The summed E-state index contributed by atoms with van der Waals surface area (Å²) in [5, 5.41) is 10.3. The molecule has 0 aliphatic rings. The topological polar surface area (TPSA) is 98.6 Å². The molecular formula is C7H5N3O3. The van der Waals surface area contributed by atoms with Crippen molar-refractivity contribution in [3.8, 4) is 0 Å². The SMILES string of the molecule is Nc1cc(N=C=O)ccc1[N+](=O)[O-]. The minimum atomic E-state index is -0.607. The van der Waals surface area contributed by atoms with Crippen LogP contribution in [0.25, 0.3) is 0 Å². The number of isocyanates is 1. The lowest BCUT2D eigenvalue weighted by atomic mass is 10.2. The Labute approximate surface area is 72.8 Å². The highest BCUT2D eigenvalue weighted by Crippen LogP contribution is 2.25. The number of carbonyl (C=O) groups excluding carboxylic acids is 1. The zero-order valence-corrected chi connectivity index (χ0v) is 6.43. The van der Waals surface area contributed by atoms with E-state index in [1.807, 2.05) is 0 Å². The van der Waals surface area contributed by atoms with Crippen LogP contribution in [0.3, 0.4) is 0 Å². The number of nitrogen functional groups attached to an aromatic ring is 1. The third-order valence-corrected chi connectivity index (χ3v) is 1.38. The summed E-state index contributed by atoms with van der Waals surface area (Å²) in [6, 6.07) is 3.74. The van der Waals surface area contributed by atoms with Crippen LogP contribution in [0.1, 0.15) is 0 Å². The highest BCUT2D eigenvalue weighted by atomic mass is 16.6. The Hall–Kier alpha value is -2.20. The Morgan fingerprint density at radius 3 is 2.69 bits per heavy atom. The lowest BCUT2D eigenvalue weighted by Crippen LogP contribution is -1.94. The number of nitro benzene ring substituents is 1. The van der Waals surface area contributed by atoms with E-state index >= 15 is 0 Å². The summed E-state index contributed by atoms with van der Waals surface area (Å²) in [6.45, 7) is 0. The van der Waals surface area contributed by atoms with E-state index in [1.165, 1.54) is 24.3 Å². The number of hydrogen-bond donors (Lipinski definition) is 1. The predicted octanol–water partition coefficient (Wildman–Crippen LogP) is 1.14. The molecule has 0 aromatic heterocycles. The van der Waals surface area contributed by atoms with E-state index in [0.29, 0.717) is 0 Å². The van der Waals surface area contributed by atoms with E-state index in [4.69, 9.17) is 5.73 Å². The normalized spacial score (nSPS) is 8.92. The van der Waals surface area contributed by atoms with Gasteiger partial charge in [0.05, 0.1) is 10.6 Å². The van der Waals surface area contributed by atoms with E-state index in [9.17, 15) is 14.9 Å². The average Bonchev–Trinajstić information content (AvgIpc) is 2.04. The minimum absolute atomic E-state index is 0.0264. The Bertz CT molecular complexity index is 396. The lowest BCUT2D eigenvalue weighted by molar-refractivity contribution is -0.383. The van der Waals surface area contributed by atoms with Gasteiger partial charge in [0.1, 0.15) is 5.69 Å². The first-order chi connectivity index (χ1) is 6.15. The zero-order chi connectivity index (χ0) is 9.84. The van der Waals surface area contributed by atoms with Gasteiger partial charge in [-0.2, -0.15) is 4.99 Å². The van der Waals surface area contributed by atoms with Crippen molar-refractivity contribution in [1.29, 1.82) is 0 Å². The Balaban J connectivity index is 3.19. The minimum Gasteiger partial charge on any atom is -0.393 e. The second kappa shape index (κ2) is 3.46. The maximum absolute atomic E-state index is 10.3. The van der Waals surface area contributed by atoms with Crippen molar-refractivity contribution in [1.82, 2.24) is 0 Å². The van der Waals surface area contributed by atoms with Crippen LogP contribution in [-0.2, 0) is 4.79 Å². The summed E-state index contributed by atoms with van der Waals surface area (Å²) in [4.78, 5) is 22.8. The Morgan fingerprint density at radius 2 is 2.23 bits per heavy atom. The van der Waals surface area contributed by atoms with Gasteiger partial charge in [0.15, 0.2) is 0 Å². The van der Waals surface area contributed by atoms with Gasteiger partial charge in [0.2, 0.25) is 6.08 Å². The van der Waals surface area contributed by atoms with E-state index < -0.39 is 4.92 Å². The first-order valence-corrected chi connectivity index (χ1v) is 3.27. The van der Waals surface area contributed by atoms with Crippen molar-refractivity contribution in [2.24, 2.45) is 4.99 Å². The summed E-state index contributed by atoms with van der Waals surface area (Å²) < 4.78 is 0. The standard InChI is InChI=1S/C7H5N3O3/c8-6-3-5(9-4-11)1-2-7(6)10(12)13/h1-3H,8H2. The van der Waals surface area contributed by atoms with E-state index in [-0.39, 0.29) is 17.1 Å². The van der Waals surface area contributed by atoms with Crippen molar-refractivity contribution in [3.63, 3.8) is 0 Å². The van der Waals surface area contributed by atoms with Gasteiger partial charge in [-0.05, 0) is 12.1 Å². The molecule has 0 heterocycles. The second-order valence-electron chi connectivity index (χ2n) is 2.20. The van der Waals surface area contributed by atoms with E-state index in [2.05, 4.69) is 4.99 Å². The first kappa shape index (κ1) is 8.89. The molecular weight excluding hydrogens is 174 g/mol. The first-order valence-electron chi connectivity index (χ1n) is 3.27. The lowest BCUT2D eigenvalue weighted by Gasteiger charge is -1.96. The average molecular weight is 179 g/mol. The summed E-state index contributed by atoms with van der Waals surface area (Å²) in [5.74, 6) is 0. The molecule has 0 saturated heterocycles. The molecule has 13 heavy (non-hydrogen) atoms. The molecule has 0 fully saturated rings. The maximum atomic E-state index is 10.3. The van der Waals surface area contributed by atoms with Gasteiger partial charge in [0, 0.05) is 6.07 Å². The van der Waals surface area contributed by atoms with E-state index in [0.717, 1.165) is 0 Å². The molecule has 0 unspecified atom stereocenters. The number of anilines is 1. The number of nitro groups is 1. The van der Waals surface area contributed by atoms with Gasteiger partial charge < -0.3 is 5.73 Å². The van der Waals surface area contributed by atoms with Crippen LogP contribution in [-0.4, -0.2) is 11.0 Å². The van der Waals surface area contributed by atoms with Gasteiger partial charge >= 0.3 is 0 Å². The third kappa shape index (κ3) is 1.88. The van der Waals surface area contributed by atoms with Gasteiger partial charge in [-0.25, -0.2) is 4.79 Å². The van der Waals surface area contributed by atoms with Gasteiger partial charge in [0.25, 0.3) is 5.69 Å². The van der Waals surface area contributed by atoms with E-state index in [1.54, 1.807) is 0 Å². The highest BCUT2D eigenvalue weighted by Gasteiger charge is 2.10. The molecule has 1 aromatic rings. The molecule has 0 spiro atoms. The molecule has 0 aliphatic carbocycles. The van der Waals surface area contributed by atoms with Crippen LogP contribution >= 0.6 is 0 Å². The van der Waals surface area contributed by atoms with Crippen LogP contribution in [0.5, 0.6) is 0 Å². The smallest absolute Gasteiger partial charge is 0.292 e. The molecule has 0 bridgehead atoms. The molecule has 6 heteroatoms. The van der Waals surface area contributed by atoms with Gasteiger partial charge in [-0.3, -0.25) is 10.1 Å². The molecule has 0 aliphatic heterocycles. The predicted molar refractivity (Wildman–Crippen MR) is 45.3 cm³/mol. The van der Waals surface area contributed by atoms with Crippen LogP contribution in [0.4, 0.5) is 17.1 Å². The molecule has 1 rings (SSSR count). The van der Waals surface area contributed by atoms with Crippen molar-refractivity contribution >= 4 is 23.1 Å². The Kier molecular flexibility index (Phi) is 2.37. The van der Waals surface area contributed by atoms with Gasteiger partial charge in [-0.1, -0.05) is 0 Å². The summed E-state index contributed by atoms with van der Waals surface area (Å²) in [6.07, 6.45) is 1.31. The quantitative estimate of drug-likeness (QED) is 0.242. The fourth-order valence-corrected chi connectivity index (χ4v) is 0.830. The second-order valence-corrected chi connectivity index (χ2v) is 2.20. The fraction of sp³-hybridized carbons (Fsp3) is 0. The van der Waals surface area contributed by atoms with Crippen LogP contribution < -0.4 is 5.73 Å². The summed E-state index contributed by atoms with van der Waals surface area (Å²) in [5.41, 5.74) is 5.34. The van der Waals surface area contributed by atoms with Crippen molar-refractivity contribution in [2.75, 3.05) is 5.73 Å². The highest BCUT2D eigenvalue weighted by molar-refractivity contribution is 5.65. The maximum Gasteiger partial charge on any atom is 0.292 e. The monoisotopic (exact) mass is 179 g/mol. The number of nitrogens with two attached hydrogens (primary N) is 1. The summed E-state index contributed by atoms with van der Waals surface area (Å²) in [7, 11) is 0. The Morgan fingerprint density at radius 1 is 1.54 bits per heavy atom. The fourth-order valence-electron chi connectivity index (χ4n) is 0.830. The van der Waals surface area contributed by atoms with Crippen molar-refractivity contribution in [2.45, 2.75) is 0 Å². The van der Waals surface area contributed by atoms with Crippen molar-refractivity contribution < 1.29 is 9.72 Å². The largest absolute Gasteiger partial charge is 0.393 e. The zero-order valence-electron chi connectivity index (χ0n) is 6.43. The number of benzene rings is 1. The number of hydrogen-bond acceptors (Lipinski definition) is 5. The van der Waals surface area contributed by atoms with Crippen LogP contribution in [0.2, 0.25) is 0 Å². The van der Waals surface area contributed by atoms with Crippen LogP contribution in [0, 0.1) is 10.1 Å². The van der Waals surface area contributed by atoms with Crippen molar-refractivity contribution in [3.05, 3.63) is 28.3 Å². The molecule has 1 aromatic carbocycles. The molecule has 6 nitrogen and oxygen atoms in total. The third-order valence-electron chi connectivity index (χ3n) is 1.38.